The molecule has 126 valence electrons. The second kappa shape index (κ2) is 6.02. The molecular weight excluding hydrogens is 300 g/mol. The SMILES string of the molecule is CS(=O)(=O)CCNC(=O)NCCC12CC3CC(CC(C3)C1)C2. The van der Waals surface area contributed by atoms with Crippen molar-refractivity contribution in [1.29, 1.82) is 0 Å². The lowest BCUT2D eigenvalue weighted by Gasteiger charge is -2.57. The van der Waals surface area contributed by atoms with Crippen molar-refractivity contribution in [2.75, 3.05) is 25.1 Å². The smallest absolute Gasteiger partial charge is 0.314 e. The number of rotatable bonds is 6. The summed E-state index contributed by atoms with van der Waals surface area (Å²) < 4.78 is 22.0. The van der Waals surface area contributed by atoms with E-state index in [0.717, 1.165) is 24.2 Å². The van der Waals surface area contributed by atoms with Gasteiger partial charge in [0.25, 0.3) is 0 Å². The minimum atomic E-state index is -3.01. The van der Waals surface area contributed by atoms with Crippen LogP contribution in [-0.4, -0.2) is 39.5 Å². The molecular formula is C16H28N2O3S. The van der Waals surface area contributed by atoms with E-state index in [9.17, 15) is 13.2 Å². The molecule has 0 spiro atoms. The van der Waals surface area contributed by atoms with Crippen LogP contribution in [0.1, 0.15) is 44.9 Å². The zero-order valence-corrected chi connectivity index (χ0v) is 14.3. The molecule has 0 atom stereocenters. The minimum Gasteiger partial charge on any atom is -0.338 e. The standard InChI is InChI=1S/C16H28N2O3S/c1-22(20,21)5-4-18-15(19)17-3-2-16-9-12-6-13(10-16)8-14(7-12)11-16/h12-14H,2-11H2,1H3,(H2,17,18,19). The molecule has 5 nitrogen and oxygen atoms in total. The highest BCUT2D eigenvalue weighted by Crippen LogP contribution is 2.61. The normalized spacial score (nSPS) is 36.3. The van der Waals surface area contributed by atoms with Gasteiger partial charge in [-0.25, -0.2) is 13.2 Å². The summed E-state index contributed by atoms with van der Waals surface area (Å²) in [5.41, 5.74) is 0.481. The van der Waals surface area contributed by atoms with Gasteiger partial charge in [0, 0.05) is 19.3 Å². The molecule has 4 rings (SSSR count). The molecule has 4 bridgehead atoms. The Morgan fingerprint density at radius 3 is 2.00 bits per heavy atom. The monoisotopic (exact) mass is 328 g/mol. The predicted molar refractivity (Wildman–Crippen MR) is 86.3 cm³/mol. The van der Waals surface area contributed by atoms with Gasteiger partial charge in [0.15, 0.2) is 0 Å². The lowest BCUT2D eigenvalue weighted by molar-refractivity contribution is -0.0563. The average Bonchev–Trinajstić information content (AvgIpc) is 2.35. The maximum atomic E-state index is 11.7. The number of nitrogens with one attached hydrogen (secondary N) is 2. The van der Waals surface area contributed by atoms with Gasteiger partial charge in [-0.1, -0.05) is 0 Å². The predicted octanol–water partition coefficient (Wildman–Crippen LogP) is 1.94. The molecule has 0 heterocycles. The van der Waals surface area contributed by atoms with Crippen LogP contribution in [0.4, 0.5) is 4.79 Å². The number of hydrogen-bond acceptors (Lipinski definition) is 3. The second-order valence-electron chi connectivity index (χ2n) is 7.98. The van der Waals surface area contributed by atoms with Gasteiger partial charge in [0.2, 0.25) is 0 Å². The molecule has 0 aromatic carbocycles. The Morgan fingerprint density at radius 2 is 1.50 bits per heavy atom. The third kappa shape index (κ3) is 3.94. The van der Waals surface area contributed by atoms with E-state index in [0.29, 0.717) is 12.0 Å². The van der Waals surface area contributed by atoms with E-state index in [4.69, 9.17) is 0 Å². The number of carbonyl (C=O) groups is 1. The van der Waals surface area contributed by atoms with Crippen LogP contribution >= 0.6 is 0 Å². The molecule has 0 radical (unpaired) electrons. The fourth-order valence-corrected chi connectivity index (χ4v) is 5.92. The van der Waals surface area contributed by atoms with Crippen LogP contribution in [0, 0.1) is 23.2 Å². The van der Waals surface area contributed by atoms with Gasteiger partial charge in [-0.2, -0.15) is 0 Å². The third-order valence-electron chi connectivity index (χ3n) is 5.86. The summed E-state index contributed by atoms with van der Waals surface area (Å²) in [6, 6.07) is -0.242. The first-order valence-corrected chi connectivity index (χ1v) is 10.6. The Hall–Kier alpha value is -0.780. The summed E-state index contributed by atoms with van der Waals surface area (Å²) >= 11 is 0. The van der Waals surface area contributed by atoms with Crippen LogP contribution in [-0.2, 0) is 9.84 Å². The van der Waals surface area contributed by atoms with Crippen LogP contribution in [0.15, 0.2) is 0 Å². The van der Waals surface area contributed by atoms with E-state index >= 15 is 0 Å². The highest BCUT2D eigenvalue weighted by atomic mass is 32.2. The topological polar surface area (TPSA) is 75.3 Å². The third-order valence-corrected chi connectivity index (χ3v) is 6.81. The molecule has 0 saturated heterocycles. The van der Waals surface area contributed by atoms with Gasteiger partial charge in [0.05, 0.1) is 5.75 Å². The van der Waals surface area contributed by atoms with Crippen LogP contribution in [0.3, 0.4) is 0 Å². The van der Waals surface area contributed by atoms with E-state index < -0.39 is 9.84 Å². The van der Waals surface area contributed by atoms with Crippen LogP contribution in [0.2, 0.25) is 0 Å². The van der Waals surface area contributed by atoms with Crippen molar-refractivity contribution in [3.05, 3.63) is 0 Å². The lowest BCUT2D eigenvalue weighted by atomic mass is 9.49. The summed E-state index contributed by atoms with van der Waals surface area (Å²) in [6.07, 6.45) is 10.7. The fraction of sp³-hybridized carbons (Fsp3) is 0.938. The molecule has 4 saturated carbocycles. The van der Waals surface area contributed by atoms with Crippen molar-refractivity contribution >= 4 is 15.9 Å². The van der Waals surface area contributed by atoms with Gasteiger partial charge in [0.1, 0.15) is 9.84 Å². The van der Waals surface area contributed by atoms with E-state index in [1.807, 2.05) is 0 Å². The summed E-state index contributed by atoms with van der Waals surface area (Å²) in [5, 5.41) is 5.52. The molecule has 0 aromatic rings. The summed E-state index contributed by atoms with van der Waals surface area (Å²) in [4.78, 5) is 11.7. The number of urea groups is 1. The van der Waals surface area contributed by atoms with E-state index in [1.54, 1.807) is 0 Å². The van der Waals surface area contributed by atoms with Crippen molar-refractivity contribution < 1.29 is 13.2 Å². The van der Waals surface area contributed by atoms with Gasteiger partial charge < -0.3 is 10.6 Å². The molecule has 0 aliphatic heterocycles. The lowest BCUT2D eigenvalue weighted by Crippen LogP contribution is -2.48. The first-order valence-electron chi connectivity index (χ1n) is 8.53. The zero-order chi connectivity index (χ0) is 15.8. The Bertz CT molecular complexity index is 494. The molecule has 4 fully saturated rings. The van der Waals surface area contributed by atoms with E-state index in [-0.39, 0.29) is 18.3 Å². The Labute approximate surface area is 133 Å². The minimum absolute atomic E-state index is 0.00457. The van der Waals surface area contributed by atoms with Crippen molar-refractivity contribution in [3.8, 4) is 0 Å². The molecule has 4 aliphatic rings. The van der Waals surface area contributed by atoms with Gasteiger partial charge in [-0.05, 0) is 68.1 Å². The zero-order valence-electron chi connectivity index (χ0n) is 13.4. The first kappa shape index (κ1) is 16.1. The van der Waals surface area contributed by atoms with Crippen LogP contribution in [0.25, 0.3) is 0 Å². The first-order chi connectivity index (χ1) is 10.3. The van der Waals surface area contributed by atoms with Gasteiger partial charge >= 0.3 is 6.03 Å². The summed E-state index contributed by atoms with van der Waals surface area (Å²) in [7, 11) is -3.01. The molecule has 0 aromatic heterocycles. The summed E-state index contributed by atoms with van der Waals surface area (Å²) in [6.45, 7) is 0.888. The quantitative estimate of drug-likeness (QED) is 0.782. The maximum absolute atomic E-state index is 11.7. The van der Waals surface area contributed by atoms with Crippen molar-refractivity contribution in [3.63, 3.8) is 0 Å². The molecule has 4 aliphatic carbocycles. The number of carbonyl (C=O) groups excluding carboxylic acids is 1. The van der Waals surface area contributed by atoms with Crippen molar-refractivity contribution in [2.45, 2.75) is 44.9 Å². The largest absolute Gasteiger partial charge is 0.338 e. The molecule has 22 heavy (non-hydrogen) atoms. The van der Waals surface area contributed by atoms with E-state index in [1.165, 1.54) is 44.8 Å². The highest BCUT2D eigenvalue weighted by molar-refractivity contribution is 7.90. The summed E-state index contributed by atoms with van der Waals surface area (Å²) in [5.74, 6) is 2.81. The van der Waals surface area contributed by atoms with Gasteiger partial charge in [-0.3, -0.25) is 0 Å². The molecule has 2 N–H and O–H groups in total. The average molecular weight is 328 g/mol. The van der Waals surface area contributed by atoms with Crippen LogP contribution < -0.4 is 10.6 Å². The molecule has 2 amide bonds. The molecule has 6 heteroatoms. The maximum Gasteiger partial charge on any atom is 0.314 e. The highest BCUT2D eigenvalue weighted by Gasteiger charge is 2.50. The second-order valence-corrected chi connectivity index (χ2v) is 10.2. The molecule has 0 unspecified atom stereocenters. The van der Waals surface area contributed by atoms with Crippen molar-refractivity contribution in [1.82, 2.24) is 10.6 Å². The number of amides is 2. The Kier molecular flexibility index (Phi) is 4.40. The fourth-order valence-electron chi connectivity index (χ4n) is 5.45. The Balaban J connectivity index is 1.39. The van der Waals surface area contributed by atoms with Crippen LogP contribution in [0.5, 0.6) is 0 Å². The van der Waals surface area contributed by atoms with E-state index in [2.05, 4.69) is 10.6 Å². The number of hydrogen-bond donors (Lipinski definition) is 2. The van der Waals surface area contributed by atoms with Gasteiger partial charge in [-0.15, -0.1) is 0 Å². The Morgan fingerprint density at radius 1 is 1.00 bits per heavy atom. The van der Waals surface area contributed by atoms with Crippen molar-refractivity contribution in [2.24, 2.45) is 23.2 Å². The number of sulfone groups is 1.